The highest BCUT2D eigenvalue weighted by molar-refractivity contribution is 6.30. The van der Waals surface area contributed by atoms with Crippen molar-refractivity contribution < 1.29 is 14.0 Å². The first-order valence-corrected chi connectivity index (χ1v) is 3.56. The smallest absolute Gasteiger partial charge is 0.176 e. The third-order valence-electron chi connectivity index (χ3n) is 1.37. The standard InChI is InChI=1S/C7H5ClF2N2O/c8-3-1-4(9)6(5(10)2-3)7(11)12-13/h1-2,13H,(H2,11,12). The van der Waals surface area contributed by atoms with Crippen molar-refractivity contribution in [1.29, 1.82) is 0 Å². The molecule has 0 aromatic heterocycles. The monoisotopic (exact) mass is 206 g/mol. The number of nitrogens with two attached hydrogens (primary N) is 1. The Balaban J connectivity index is 3.37. The van der Waals surface area contributed by atoms with E-state index in [0.717, 1.165) is 12.1 Å². The first-order valence-electron chi connectivity index (χ1n) is 3.18. The average Bonchev–Trinajstić information content (AvgIpc) is 2.02. The molecule has 0 saturated heterocycles. The molecule has 0 aliphatic rings. The van der Waals surface area contributed by atoms with Crippen LogP contribution in [0.3, 0.4) is 0 Å². The second-order valence-electron chi connectivity index (χ2n) is 2.23. The summed E-state index contributed by atoms with van der Waals surface area (Å²) in [6.07, 6.45) is 0. The van der Waals surface area contributed by atoms with E-state index < -0.39 is 23.0 Å². The molecule has 3 N–H and O–H groups in total. The Morgan fingerprint density at radius 1 is 1.38 bits per heavy atom. The Hall–Kier alpha value is -1.36. The second kappa shape index (κ2) is 3.57. The Bertz CT molecular complexity index is 345. The predicted molar refractivity (Wildman–Crippen MR) is 43.9 cm³/mol. The number of nitrogens with zero attached hydrogens (tertiary/aromatic N) is 1. The first-order chi connectivity index (χ1) is 6.06. The highest BCUT2D eigenvalue weighted by atomic mass is 35.5. The molecule has 0 saturated carbocycles. The van der Waals surface area contributed by atoms with Crippen molar-refractivity contribution in [1.82, 2.24) is 0 Å². The molecule has 0 fully saturated rings. The summed E-state index contributed by atoms with van der Waals surface area (Å²) in [7, 11) is 0. The Morgan fingerprint density at radius 2 is 1.85 bits per heavy atom. The Morgan fingerprint density at radius 3 is 2.23 bits per heavy atom. The van der Waals surface area contributed by atoms with E-state index in [-0.39, 0.29) is 5.02 Å². The molecule has 0 radical (unpaired) electrons. The lowest BCUT2D eigenvalue weighted by atomic mass is 10.2. The van der Waals surface area contributed by atoms with Gasteiger partial charge in [-0.1, -0.05) is 16.8 Å². The van der Waals surface area contributed by atoms with E-state index in [9.17, 15) is 8.78 Å². The van der Waals surface area contributed by atoms with Gasteiger partial charge in [-0.25, -0.2) is 8.78 Å². The maximum Gasteiger partial charge on any atom is 0.176 e. The molecule has 70 valence electrons. The van der Waals surface area contributed by atoms with Crippen molar-refractivity contribution in [2.45, 2.75) is 0 Å². The molecule has 6 heteroatoms. The SMILES string of the molecule is N/C(=N\O)c1c(F)cc(Cl)cc1F. The van der Waals surface area contributed by atoms with Gasteiger partial charge >= 0.3 is 0 Å². The number of oxime groups is 1. The maximum absolute atomic E-state index is 13.0. The van der Waals surface area contributed by atoms with Crippen LogP contribution in [0.5, 0.6) is 0 Å². The van der Waals surface area contributed by atoms with Crippen molar-refractivity contribution in [3.8, 4) is 0 Å². The van der Waals surface area contributed by atoms with Crippen LogP contribution in [-0.4, -0.2) is 11.0 Å². The van der Waals surface area contributed by atoms with Crippen molar-refractivity contribution in [2.24, 2.45) is 10.9 Å². The van der Waals surface area contributed by atoms with Gasteiger partial charge in [0.25, 0.3) is 0 Å². The van der Waals surface area contributed by atoms with E-state index >= 15 is 0 Å². The lowest BCUT2D eigenvalue weighted by molar-refractivity contribution is 0.318. The second-order valence-corrected chi connectivity index (χ2v) is 2.67. The number of amidine groups is 1. The number of benzene rings is 1. The van der Waals surface area contributed by atoms with Gasteiger partial charge in [-0.3, -0.25) is 0 Å². The normalized spacial score (nSPS) is 11.8. The minimum absolute atomic E-state index is 0.0931. The molecule has 3 nitrogen and oxygen atoms in total. The molecular weight excluding hydrogens is 202 g/mol. The van der Waals surface area contributed by atoms with Crippen LogP contribution >= 0.6 is 11.6 Å². The molecule has 0 atom stereocenters. The Labute approximate surface area is 77.4 Å². The molecule has 0 amide bonds. The Kier molecular flexibility index (Phi) is 2.67. The number of hydrogen-bond acceptors (Lipinski definition) is 2. The van der Waals surface area contributed by atoms with E-state index in [4.69, 9.17) is 22.5 Å². The fourth-order valence-corrected chi connectivity index (χ4v) is 1.03. The van der Waals surface area contributed by atoms with Crippen LogP contribution < -0.4 is 5.73 Å². The fraction of sp³-hybridized carbons (Fsp3) is 0. The van der Waals surface area contributed by atoms with Gasteiger partial charge in [-0.2, -0.15) is 0 Å². The van der Waals surface area contributed by atoms with Crippen molar-refractivity contribution in [3.05, 3.63) is 34.4 Å². The average molecular weight is 207 g/mol. The molecule has 0 aliphatic heterocycles. The van der Waals surface area contributed by atoms with Crippen molar-refractivity contribution in [3.63, 3.8) is 0 Å². The zero-order valence-corrected chi connectivity index (χ0v) is 7.02. The van der Waals surface area contributed by atoms with Crippen LogP contribution in [0.1, 0.15) is 5.56 Å². The zero-order chi connectivity index (χ0) is 10.0. The minimum atomic E-state index is -0.972. The van der Waals surface area contributed by atoms with E-state index in [1.807, 2.05) is 0 Å². The first kappa shape index (κ1) is 9.73. The summed E-state index contributed by atoms with van der Waals surface area (Å²) in [5.74, 6) is -2.58. The van der Waals surface area contributed by atoms with Gasteiger partial charge in [0, 0.05) is 5.02 Å². The third kappa shape index (κ3) is 1.86. The number of hydrogen-bond donors (Lipinski definition) is 2. The predicted octanol–water partition coefficient (Wildman–Crippen LogP) is 1.71. The summed E-state index contributed by atoms with van der Waals surface area (Å²) in [5, 5.41) is 10.6. The number of rotatable bonds is 1. The van der Waals surface area contributed by atoms with Gasteiger partial charge in [0.1, 0.15) is 11.6 Å². The summed E-state index contributed by atoms with van der Waals surface area (Å²) < 4.78 is 25.9. The minimum Gasteiger partial charge on any atom is -0.409 e. The van der Waals surface area contributed by atoms with Crippen LogP contribution in [0.4, 0.5) is 8.78 Å². The topological polar surface area (TPSA) is 58.6 Å². The quantitative estimate of drug-likeness (QED) is 0.318. The molecule has 1 aromatic carbocycles. The van der Waals surface area contributed by atoms with Crippen molar-refractivity contribution >= 4 is 17.4 Å². The van der Waals surface area contributed by atoms with Crippen LogP contribution in [0, 0.1) is 11.6 Å². The molecule has 0 heterocycles. The maximum atomic E-state index is 13.0. The lowest BCUT2D eigenvalue weighted by Crippen LogP contribution is -2.17. The van der Waals surface area contributed by atoms with Crippen LogP contribution in [0.25, 0.3) is 0 Å². The largest absolute Gasteiger partial charge is 0.409 e. The summed E-state index contributed by atoms with van der Waals surface area (Å²) in [5.41, 5.74) is 4.43. The fourth-order valence-electron chi connectivity index (χ4n) is 0.837. The summed E-state index contributed by atoms with van der Waals surface area (Å²) in [6.45, 7) is 0. The van der Waals surface area contributed by atoms with Gasteiger partial charge in [-0.05, 0) is 12.1 Å². The van der Waals surface area contributed by atoms with E-state index in [1.54, 1.807) is 0 Å². The molecule has 0 spiro atoms. The summed E-state index contributed by atoms with van der Waals surface area (Å²) in [4.78, 5) is 0. The lowest BCUT2D eigenvalue weighted by Gasteiger charge is -2.02. The van der Waals surface area contributed by atoms with E-state index in [0.29, 0.717) is 0 Å². The van der Waals surface area contributed by atoms with E-state index in [1.165, 1.54) is 0 Å². The van der Waals surface area contributed by atoms with Gasteiger partial charge in [0.05, 0.1) is 5.56 Å². The van der Waals surface area contributed by atoms with E-state index in [2.05, 4.69) is 5.16 Å². The molecule has 1 aromatic rings. The van der Waals surface area contributed by atoms with Gasteiger partial charge in [0.15, 0.2) is 5.84 Å². The van der Waals surface area contributed by atoms with Crippen LogP contribution in [0.2, 0.25) is 5.02 Å². The highest BCUT2D eigenvalue weighted by Gasteiger charge is 2.14. The van der Waals surface area contributed by atoms with Gasteiger partial charge < -0.3 is 10.9 Å². The molecule has 13 heavy (non-hydrogen) atoms. The van der Waals surface area contributed by atoms with Gasteiger partial charge in [-0.15, -0.1) is 0 Å². The van der Waals surface area contributed by atoms with Crippen LogP contribution in [0.15, 0.2) is 17.3 Å². The number of halogens is 3. The molecule has 1 rings (SSSR count). The molecule has 0 unspecified atom stereocenters. The zero-order valence-electron chi connectivity index (χ0n) is 6.26. The summed E-state index contributed by atoms with van der Waals surface area (Å²) >= 11 is 5.35. The summed E-state index contributed by atoms with van der Waals surface area (Å²) in [6, 6.07) is 1.75. The van der Waals surface area contributed by atoms with Crippen molar-refractivity contribution in [2.75, 3.05) is 0 Å². The van der Waals surface area contributed by atoms with Gasteiger partial charge in [0.2, 0.25) is 0 Å². The van der Waals surface area contributed by atoms with Crippen LogP contribution in [-0.2, 0) is 0 Å². The molecule has 0 aliphatic carbocycles. The molecular formula is C7H5ClF2N2O. The molecule has 0 bridgehead atoms. The highest BCUT2D eigenvalue weighted by Crippen LogP contribution is 2.18. The third-order valence-corrected chi connectivity index (χ3v) is 1.59.